The van der Waals surface area contributed by atoms with E-state index in [-0.39, 0.29) is 18.1 Å². The van der Waals surface area contributed by atoms with Crippen molar-refractivity contribution >= 4 is 5.91 Å². The van der Waals surface area contributed by atoms with Crippen molar-refractivity contribution in [3.63, 3.8) is 0 Å². The number of benzene rings is 2. The molecule has 1 atom stereocenters. The number of amides is 1. The van der Waals surface area contributed by atoms with Crippen molar-refractivity contribution in [3.8, 4) is 6.07 Å². The molecular formula is C18H17FN2O. The first kappa shape index (κ1) is 15.7. The van der Waals surface area contributed by atoms with E-state index in [0.717, 1.165) is 11.1 Å². The molecule has 2 aromatic carbocycles. The monoisotopic (exact) mass is 296 g/mol. The van der Waals surface area contributed by atoms with E-state index >= 15 is 0 Å². The second kappa shape index (κ2) is 6.86. The van der Waals surface area contributed by atoms with Gasteiger partial charge in [-0.25, -0.2) is 4.39 Å². The fourth-order valence-electron chi connectivity index (χ4n) is 2.16. The molecule has 0 aliphatic heterocycles. The van der Waals surface area contributed by atoms with E-state index in [0.29, 0.717) is 5.56 Å². The largest absolute Gasteiger partial charge is 0.336 e. The molecule has 0 bridgehead atoms. The Morgan fingerprint density at radius 1 is 1.18 bits per heavy atom. The second-order valence-electron chi connectivity index (χ2n) is 5.28. The Balaban J connectivity index is 2.05. The van der Waals surface area contributed by atoms with Gasteiger partial charge in [-0.1, -0.05) is 30.3 Å². The van der Waals surface area contributed by atoms with Crippen LogP contribution in [0.15, 0.2) is 42.5 Å². The van der Waals surface area contributed by atoms with Crippen LogP contribution in [-0.2, 0) is 11.2 Å². The van der Waals surface area contributed by atoms with Gasteiger partial charge >= 0.3 is 0 Å². The van der Waals surface area contributed by atoms with Gasteiger partial charge in [-0.05, 0) is 48.2 Å². The highest BCUT2D eigenvalue weighted by molar-refractivity contribution is 5.79. The van der Waals surface area contributed by atoms with Crippen LogP contribution in [0.25, 0.3) is 0 Å². The Hall–Kier alpha value is -2.67. The number of carbonyl (C=O) groups excluding carboxylic acids is 1. The zero-order valence-electron chi connectivity index (χ0n) is 12.6. The molecule has 1 amide bonds. The van der Waals surface area contributed by atoms with Gasteiger partial charge in [-0.3, -0.25) is 4.79 Å². The molecule has 0 heterocycles. The summed E-state index contributed by atoms with van der Waals surface area (Å²) in [6.45, 7) is 4.01. The van der Waals surface area contributed by atoms with Crippen LogP contribution in [0, 0.1) is 31.0 Å². The lowest BCUT2D eigenvalue weighted by molar-refractivity contribution is -0.120. The van der Waals surface area contributed by atoms with Gasteiger partial charge in [-0.15, -0.1) is 0 Å². The summed E-state index contributed by atoms with van der Waals surface area (Å²) >= 11 is 0. The second-order valence-corrected chi connectivity index (χ2v) is 5.28. The Bertz CT molecular complexity index is 717. The zero-order chi connectivity index (χ0) is 16.1. The molecular weight excluding hydrogens is 279 g/mol. The van der Waals surface area contributed by atoms with Gasteiger partial charge in [0.15, 0.2) is 0 Å². The van der Waals surface area contributed by atoms with Crippen molar-refractivity contribution in [2.75, 3.05) is 0 Å². The van der Waals surface area contributed by atoms with Gasteiger partial charge in [0, 0.05) is 0 Å². The highest BCUT2D eigenvalue weighted by Gasteiger charge is 2.14. The van der Waals surface area contributed by atoms with Gasteiger partial charge in [0.25, 0.3) is 0 Å². The third-order valence-corrected chi connectivity index (χ3v) is 3.57. The van der Waals surface area contributed by atoms with Crippen molar-refractivity contribution < 1.29 is 9.18 Å². The molecule has 2 aromatic rings. The molecule has 0 saturated carbocycles. The van der Waals surface area contributed by atoms with Crippen LogP contribution >= 0.6 is 0 Å². The molecule has 2 rings (SSSR count). The van der Waals surface area contributed by atoms with Crippen molar-refractivity contribution in [3.05, 3.63) is 70.5 Å². The third-order valence-electron chi connectivity index (χ3n) is 3.57. The molecule has 0 radical (unpaired) electrons. The number of hydrogen-bond donors (Lipinski definition) is 1. The minimum absolute atomic E-state index is 0.209. The van der Waals surface area contributed by atoms with E-state index in [1.54, 1.807) is 0 Å². The van der Waals surface area contributed by atoms with Gasteiger partial charge < -0.3 is 5.32 Å². The first-order valence-electron chi connectivity index (χ1n) is 7.00. The fraction of sp³-hybridized carbons (Fsp3) is 0.222. The molecule has 4 heteroatoms. The molecule has 0 saturated heterocycles. The van der Waals surface area contributed by atoms with Crippen LogP contribution < -0.4 is 5.32 Å². The Morgan fingerprint density at radius 3 is 2.45 bits per heavy atom. The van der Waals surface area contributed by atoms with Crippen LogP contribution in [-0.4, -0.2) is 5.91 Å². The van der Waals surface area contributed by atoms with Crippen LogP contribution in [0.2, 0.25) is 0 Å². The van der Waals surface area contributed by atoms with Gasteiger partial charge in [0.1, 0.15) is 11.9 Å². The minimum atomic E-state index is -0.778. The normalized spacial score (nSPS) is 11.5. The number of aryl methyl sites for hydroxylation is 2. The van der Waals surface area contributed by atoms with E-state index in [1.165, 1.54) is 29.8 Å². The molecule has 1 N–H and O–H groups in total. The maximum Gasteiger partial charge on any atom is 0.225 e. The highest BCUT2D eigenvalue weighted by Crippen LogP contribution is 2.14. The summed E-state index contributed by atoms with van der Waals surface area (Å²) in [6.07, 6.45) is 0.209. The number of carbonyl (C=O) groups is 1. The van der Waals surface area contributed by atoms with Gasteiger partial charge in [-0.2, -0.15) is 5.26 Å². The van der Waals surface area contributed by atoms with E-state index in [1.807, 2.05) is 38.1 Å². The predicted octanol–water partition coefficient (Wildman–Crippen LogP) is 3.37. The summed E-state index contributed by atoms with van der Waals surface area (Å²) in [5, 5.41) is 11.8. The van der Waals surface area contributed by atoms with Crippen LogP contribution in [0.4, 0.5) is 4.39 Å². The maximum atomic E-state index is 12.9. The molecule has 0 aliphatic rings. The first-order valence-corrected chi connectivity index (χ1v) is 7.00. The van der Waals surface area contributed by atoms with Gasteiger partial charge in [0.05, 0.1) is 12.5 Å². The Kier molecular flexibility index (Phi) is 4.90. The lowest BCUT2D eigenvalue weighted by Gasteiger charge is -2.12. The van der Waals surface area contributed by atoms with Crippen molar-refractivity contribution in [2.24, 2.45) is 0 Å². The average molecular weight is 296 g/mol. The van der Waals surface area contributed by atoms with Crippen LogP contribution in [0.5, 0.6) is 0 Å². The Morgan fingerprint density at radius 2 is 1.86 bits per heavy atom. The summed E-state index contributed by atoms with van der Waals surface area (Å²) in [7, 11) is 0. The quantitative estimate of drug-likeness (QED) is 0.940. The number of halogens is 1. The number of nitrogens with one attached hydrogen (secondary N) is 1. The smallest absolute Gasteiger partial charge is 0.225 e. The molecule has 0 aliphatic carbocycles. The molecule has 112 valence electrons. The van der Waals surface area contributed by atoms with Crippen LogP contribution in [0.3, 0.4) is 0 Å². The standard InChI is InChI=1S/C18H17FN2O/c1-12-3-4-14(9-13(12)2)10-18(22)21-17(11-20)15-5-7-16(19)8-6-15/h3-9,17H,10H2,1-2H3,(H,21,22)/t17-/m0/s1. The lowest BCUT2D eigenvalue weighted by atomic mass is 10.0. The zero-order valence-corrected chi connectivity index (χ0v) is 12.6. The summed E-state index contributed by atoms with van der Waals surface area (Å²) in [6, 6.07) is 12.6. The van der Waals surface area contributed by atoms with E-state index < -0.39 is 6.04 Å². The molecule has 22 heavy (non-hydrogen) atoms. The molecule has 0 spiro atoms. The summed E-state index contributed by atoms with van der Waals surface area (Å²) in [5.41, 5.74) is 3.76. The number of nitriles is 1. The predicted molar refractivity (Wildman–Crippen MR) is 82.5 cm³/mol. The molecule has 3 nitrogen and oxygen atoms in total. The highest BCUT2D eigenvalue weighted by atomic mass is 19.1. The summed E-state index contributed by atoms with van der Waals surface area (Å²) in [5.74, 6) is -0.610. The maximum absolute atomic E-state index is 12.9. The van der Waals surface area contributed by atoms with Crippen LogP contribution in [0.1, 0.15) is 28.3 Å². The van der Waals surface area contributed by atoms with Crippen molar-refractivity contribution in [2.45, 2.75) is 26.3 Å². The fourth-order valence-corrected chi connectivity index (χ4v) is 2.16. The summed E-state index contributed by atoms with van der Waals surface area (Å²) in [4.78, 5) is 12.1. The van der Waals surface area contributed by atoms with Crippen molar-refractivity contribution in [1.29, 1.82) is 5.26 Å². The average Bonchev–Trinajstić information content (AvgIpc) is 2.49. The van der Waals surface area contributed by atoms with E-state index in [4.69, 9.17) is 0 Å². The number of nitrogens with zero attached hydrogens (tertiary/aromatic N) is 1. The lowest BCUT2D eigenvalue weighted by Crippen LogP contribution is -2.29. The minimum Gasteiger partial charge on any atom is -0.336 e. The number of hydrogen-bond acceptors (Lipinski definition) is 2. The third kappa shape index (κ3) is 3.92. The number of rotatable bonds is 4. The topological polar surface area (TPSA) is 52.9 Å². The van der Waals surface area contributed by atoms with Gasteiger partial charge in [0.2, 0.25) is 5.91 Å². The van der Waals surface area contributed by atoms with E-state index in [2.05, 4.69) is 5.32 Å². The summed E-state index contributed by atoms with van der Waals surface area (Å²) < 4.78 is 12.9. The van der Waals surface area contributed by atoms with E-state index in [9.17, 15) is 14.4 Å². The molecule has 0 fully saturated rings. The molecule has 0 aromatic heterocycles. The molecule has 0 unspecified atom stereocenters. The SMILES string of the molecule is Cc1ccc(CC(=O)N[C@@H](C#N)c2ccc(F)cc2)cc1C. The first-order chi connectivity index (χ1) is 10.5. The Labute approximate surface area is 129 Å². The van der Waals surface area contributed by atoms with Crippen molar-refractivity contribution in [1.82, 2.24) is 5.32 Å².